The van der Waals surface area contributed by atoms with Gasteiger partial charge in [0.25, 0.3) is 0 Å². The van der Waals surface area contributed by atoms with E-state index in [4.69, 9.17) is 0 Å². The normalized spacial score (nSPS) is 14.4. The molecule has 1 aromatic carbocycles. The zero-order valence-corrected chi connectivity index (χ0v) is 18.0. The van der Waals surface area contributed by atoms with Crippen LogP contribution in [0.2, 0.25) is 0 Å². The summed E-state index contributed by atoms with van der Waals surface area (Å²) in [5.74, 6) is -0.292. The molecular formula is C21H20FN5OS2. The van der Waals surface area contributed by atoms with Gasteiger partial charge in [-0.2, -0.15) is 5.26 Å². The molecule has 0 unspecified atom stereocenters. The minimum Gasteiger partial charge on any atom is -0.316 e. The first-order valence-electron chi connectivity index (χ1n) is 9.76. The van der Waals surface area contributed by atoms with E-state index < -0.39 is 11.1 Å². The summed E-state index contributed by atoms with van der Waals surface area (Å²) in [6.45, 7) is 1.75. The van der Waals surface area contributed by atoms with Gasteiger partial charge in [0.05, 0.1) is 16.4 Å². The molecule has 0 saturated carbocycles. The highest BCUT2D eigenvalue weighted by Crippen LogP contribution is 2.37. The van der Waals surface area contributed by atoms with Crippen molar-refractivity contribution in [1.82, 2.24) is 15.2 Å². The predicted octanol–water partition coefficient (Wildman–Crippen LogP) is 4.93. The summed E-state index contributed by atoms with van der Waals surface area (Å²) in [5, 5.41) is 19.9. The Bertz CT molecular complexity index is 1120. The molecule has 1 amide bonds. The van der Waals surface area contributed by atoms with Crippen molar-refractivity contribution in [3.63, 3.8) is 0 Å². The number of amides is 1. The van der Waals surface area contributed by atoms with E-state index in [-0.39, 0.29) is 5.91 Å². The lowest BCUT2D eigenvalue weighted by Gasteiger charge is -2.09. The van der Waals surface area contributed by atoms with E-state index in [1.165, 1.54) is 40.5 Å². The van der Waals surface area contributed by atoms with Crippen molar-refractivity contribution in [1.29, 1.82) is 5.26 Å². The Hall–Kier alpha value is -2.70. The Balaban J connectivity index is 1.45. The Morgan fingerprint density at radius 1 is 1.33 bits per heavy atom. The molecule has 30 heavy (non-hydrogen) atoms. The number of nitriles is 1. The molecule has 0 bridgehead atoms. The van der Waals surface area contributed by atoms with Gasteiger partial charge in [-0.1, -0.05) is 30.3 Å². The fourth-order valence-electron chi connectivity index (χ4n) is 3.45. The zero-order chi connectivity index (χ0) is 21.1. The molecule has 0 spiro atoms. The summed E-state index contributed by atoms with van der Waals surface area (Å²) in [7, 11) is 0. The topological polar surface area (TPSA) is 94.5 Å². The van der Waals surface area contributed by atoms with Crippen molar-refractivity contribution in [2.45, 2.75) is 49.4 Å². The highest BCUT2D eigenvalue weighted by Gasteiger charge is 2.24. The molecule has 0 fully saturated rings. The first kappa shape index (κ1) is 20.6. The molecule has 9 heteroatoms. The molecule has 2 heterocycles. The highest BCUT2D eigenvalue weighted by molar-refractivity contribution is 8.00. The van der Waals surface area contributed by atoms with E-state index in [1.807, 2.05) is 0 Å². The molecule has 154 valence electrons. The van der Waals surface area contributed by atoms with Crippen LogP contribution in [-0.4, -0.2) is 26.3 Å². The minimum atomic E-state index is -0.484. The Morgan fingerprint density at radius 3 is 2.93 bits per heavy atom. The fraction of sp³-hybridized carbons (Fsp3) is 0.333. The quantitative estimate of drug-likeness (QED) is 0.432. The van der Waals surface area contributed by atoms with Gasteiger partial charge < -0.3 is 5.32 Å². The van der Waals surface area contributed by atoms with Crippen LogP contribution in [0.3, 0.4) is 0 Å². The molecular weight excluding hydrogens is 421 g/mol. The summed E-state index contributed by atoms with van der Waals surface area (Å²) >= 11 is 2.69. The van der Waals surface area contributed by atoms with Crippen LogP contribution in [0, 0.1) is 17.1 Å². The number of nitrogens with zero attached hydrogens (tertiary/aromatic N) is 3. The van der Waals surface area contributed by atoms with Crippen LogP contribution in [0.15, 0.2) is 29.4 Å². The number of fused-ring (bicyclic) bond motifs is 1. The van der Waals surface area contributed by atoms with Gasteiger partial charge in [0.2, 0.25) is 11.1 Å². The Morgan fingerprint density at radius 2 is 2.13 bits per heavy atom. The molecule has 1 aliphatic rings. The van der Waals surface area contributed by atoms with Gasteiger partial charge in [-0.05, 0) is 50.3 Å². The molecule has 0 aliphatic heterocycles. The number of hydrogen-bond donors (Lipinski definition) is 2. The number of aromatic nitrogens is 3. The first-order valence-corrected chi connectivity index (χ1v) is 11.5. The zero-order valence-electron chi connectivity index (χ0n) is 16.4. The van der Waals surface area contributed by atoms with E-state index in [1.54, 1.807) is 25.1 Å². The SMILES string of the molecule is C[C@@H](Sc1n[nH]c(-c2ccccc2F)n1)C(=O)Nc1sc2c(c1C#N)CCCCC2. The lowest BCUT2D eigenvalue weighted by molar-refractivity contribution is -0.115. The van der Waals surface area contributed by atoms with E-state index in [0.717, 1.165) is 31.2 Å². The number of nitrogens with one attached hydrogen (secondary N) is 2. The number of rotatable bonds is 5. The number of anilines is 1. The third-order valence-electron chi connectivity index (χ3n) is 5.02. The molecule has 0 radical (unpaired) electrons. The summed E-state index contributed by atoms with van der Waals surface area (Å²) in [6.07, 6.45) is 5.23. The maximum Gasteiger partial charge on any atom is 0.238 e. The number of aromatic amines is 1. The number of carbonyl (C=O) groups excluding carboxylic acids is 1. The maximum absolute atomic E-state index is 13.9. The molecule has 1 aliphatic carbocycles. The largest absolute Gasteiger partial charge is 0.316 e. The fourth-order valence-corrected chi connectivity index (χ4v) is 5.41. The Labute approximate surface area is 181 Å². The number of thioether (sulfide) groups is 1. The van der Waals surface area contributed by atoms with Gasteiger partial charge >= 0.3 is 0 Å². The van der Waals surface area contributed by atoms with Crippen molar-refractivity contribution in [2.75, 3.05) is 5.32 Å². The third-order valence-corrected chi connectivity index (χ3v) is 7.18. The average Bonchev–Trinajstić information content (AvgIpc) is 3.25. The van der Waals surface area contributed by atoms with Crippen LogP contribution in [0.5, 0.6) is 0 Å². The molecule has 2 aromatic heterocycles. The van der Waals surface area contributed by atoms with Crippen LogP contribution in [0.1, 0.15) is 42.2 Å². The Kier molecular flexibility index (Phi) is 6.16. The van der Waals surface area contributed by atoms with Crippen molar-refractivity contribution >= 4 is 34.0 Å². The van der Waals surface area contributed by atoms with Crippen LogP contribution < -0.4 is 5.32 Å². The minimum absolute atomic E-state index is 0.217. The second-order valence-electron chi connectivity index (χ2n) is 7.08. The molecule has 2 N–H and O–H groups in total. The smallest absolute Gasteiger partial charge is 0.238 e. The monoisotopic (exact) mass is 441 g/mol. The maximum atomic E-state index is 13.9. The predicted molar refractivity (Wildman–Crippen MR) is 116 cm³/mol. The molecule has 4 rings (SSSR count). The van der Waals surface area contributed by atoms with Gasteiger partial charge in [-0.25, -0.2) is 9.37 Å². The number of benzene rings is 1. The summed E-state index contributed by atoms with van der Waals surface area (Å²) < 4.78 is 13.9. The number of carbonyl (C=O) groups is 1. The van der Waals surface area contributed by atoms with Crippen LogP contribution in [0.4, 0.5) is 9.39 Å². The number of H-pyrrole nitrogens is 1. The summed E-state index contributed by atoms with van der Waals surface area (Å²) in [4.78, 5) is 18.2. The summed E-state index contributed by atoms with van der Waals surface area (Å²) in [5.41, 5.74) is 2.02. The van der Waals surface area contributed by atoms with E-state index in [2.05, 4.69) is 26.6 Å². The van der Waals surface area contributed by atoms with Crippen LogP contribution >= 0.6 is 23.1 Å². The molecule has 6 nitrogen and oxygen atoms in total. The molecule has 3 aromatic rings. The van der Waals surface area contributed by atoms with Crippen LogP contribution in [0.25, 0.3) is 11.4 Å². The number of hydrogen-bond acceptors (Lipinski definition) is 6. The highest BCUT2D eigenvalue weighted by atomic mass is 32.2. The molecule has 1 atom stereocenters. The second kappa shape index (κ2) is 8.98. The first-order chi connectivity index (χ1) is 14.6. The van der Waals surface area contributed by atoms with E-state index >= 15 is 0 Å². The van der Waals surface area contributed by atoms with Gasteiger partial charge in [-0.15, -0.1) is 16.4 Å². The van der Waals surface area contributed by atoms with Gasteiger partial charge in [-0.3, -0.25) is 9.89 Å². The number of halogens is 1. The summed E-state index contributed by atoms with van der Waals surface area (Å²) in [6, 6.07) is 8.58. The average molecular weight is 442 g/mol. The lowest BCUT2D eigenvalue weighted by atomic mass is 10.1. The lowest BCUT2D eigenvalue weighted by Crippen LogP contribution is -2.22. The van der Waals surface area contributed by atoms with Gasteiger partial charge in [0.1, 0.15) is 16.9 Å². The molecule has 0 saturated heterocycles. The van der Waals surface area contributed by atoms with Gasteiger partial charge in [0.15, 0.2) is 5.82 Å². The van der Waals surface area contributed by atoms with Crippen molar-refractivity contribution in [3.8, 4) is 17.5 Å². The van der Waals surface area contributed by atoms with Gasteiger partial charge in [0, 0.05) is 4.88 Å². The van der Waals surface area contributed by atoms with Crippen molar-refractivity contribution in [2.24, 2.45) is 0 Å². The van der Waals surface area contributed by atoms with E-state index in [0.29, 0.717) is 27.1 Å². The number of thiophene rings is 1. The van der Waals surface area contributed by atoms with E-state index in [9.17, 15) is 14.4 Å². The van der Waals surface area contributed by atoms with Crippen molar-refractivity contribution in [3.05, 3.63) is 46.1 Å². The van der Waals surface area contributed by atoms with Crippen LogP contribution in [-0.2, 0) is 17.6 Å². The van der Waals surface area contributed by atoms with Crippen molar-refractivity contribution < 1.29 is 9.18 Å². The number of aryl methyl sites for hydroxylation is 1. The second-order valence-corrected chi connectivity index (χ2v) is 9.49. The third kappa shape index (κ3) is 4.25. The standard InChI is InChI=1S/C21H20FN5OS2/c1-12(29-21-24-18(26-27-21)14-8-5-6-9-16(14)22)19(28)25-20-15(11-23)13-7-3-2-4-10-17(13)30-20/h5-6,8-9,12H,2-4,7,10H2,1H3,(H,25,28)(H,24,26,27)/t12-/m1/s1.